The Morgan fingerprint density at radius 3 is 1.59 bits per heavy atom. The summed E-state index contributed by atoms with van der Waals surface area (Å²) in [6, 6.07) is 30.1. The standard InChI is InChI=1S/C26H29NO2/c28-26(29)25(19-11-10-14-22-12-4-1-5-13-22)27(20-23-15-6-2-7-16-23)21-24-17-8-3-9-18-24/h1-9,12-13,15-18,25H,10-11,14,19-21H2,(H,28,29). The Labute approximate surface area is 173 Å². The van der Waals surface area contributed by atoms with Crippen LogP contribution in [-0.4, -0.2) is 22.0 Å². The van der Waals surface area contributed by atoms with E-state index in [0.717, 1.165) is 30.4 Å². The van der Waals surface area contributed by atoms with E-state index < -0.39 is 12.0 Å². The summed E-state index contributed by atoms with van der Waals surface area (Å²) < 4.78 is 0. The van der Waals surface area contributed by atoms with Gasteiger partial charge in [-0.1, -0.05) is 97.4 Å². The number of carboxylic acids is 1. The molecule has 0 heterocycles. The van der Waals surface area contributed by atoms with Gasteiger partial charge in [0.2, 0.25) is 0 Å². The van der Waals surface area contributed by atoms with Crippen molar-refractivity contribution in [2.45, 2.75) is 44.8 Å². The van der Waals surface area contributed by atoms with Crippen molar-refractivity contribution in [2.75, 3.05) is 0 Å². The van der Waals surface area contributed by atoms with Crippen LogP contribution in [0.25, 0.3) is 0 Å². The van der Waals surface area contributed by atoms with Gasteiger partial charge in [0.05, 0.1) is 0 Å². The molecule has 29 heavy (non-hydrogen) atoms. The van der Waals surface area contributed by atoms with Crippen LogP contribution in [0, 0.1) is 0 Å². The van der Waals surface area contributed by atoms with Crippen molar-refractivity contribution in [2.24, 2.45) is 0 Å². The van der Waals surface area contributed by atoms with Crippen molar-refractivity contribution < 1.29 is 9.90 Å². The second kappa shape index (κ2) is 11.2. The van der Waals surface area contributed by atoms with E-state index in [1.54, 1.807) is 0 Å². The predicted molar refractivity (Wildman–Crippen MR) is 118 cm³/mol. The van der Waals surface area contributed by atoms with Gasteiger partial charge in [0.25, 0.3) is 0 Å². The average Bonchev–Trinajstić information content (AvgIpc) is 2.75. The largest absolute Gasteiger partial charge is 0.480 e. The lowest BCUT2D eigenvalue weighted by atomic mass is 10.0. The summed E-state index contributed by atoms with van der Waals surface area (Å²) in [5.41, 5.74) is 3.59. The first-order chi connectivity index (χ1) is 14.2. The van der Waals surface area contributed by atoms with Crippen molar-refractivity contribution >= 4 is 5.97 Å². The van der Waals surface area contributed by atoms with Crippen LogP contribution < -0.4 is 0 Å². The molecule has 3 nitrogen and oxygen atoms in total. The quantitative estimate of drug-likeness (QED) is 0.438. The van der Waals surface area contributed by atoms with E-state index in [0.29, 0.717) is 19.5 Å². The van der Waals surface area contributed by atoms with Crippen molar-refractivity contribution in [3.05, 3.63) is 108 Å². The lowest BCUT2D eigenvalue weighted by Gasteiger charge is -2.29. The minimum absolute atomic E-state index is 0.494. The molecule has 0 aliphatic rings. The molecule has 0 saturated carbocycles. The third-order valence-electron chi connectivity index (χ3n) is 5.22. The zero-order valence-corrected chi connectivity index (χ0v) is 16.8. The third-order valence-corrected chi connectivity index (χ3v) is 5.22. The molecule has 0 aliphatic carbocycles. The van der Waals surface area contributed by atoms with Gasteiger partial charge >= 0.3 is 5.97 Å². The van der Waals surface area contributed by atoms with E-state index in [9.17, 15) is 9.90 Å². The lowest BCUT2D eigenvalue weighted by Crippen LogP contribution is -2.40. The van der Waals surface area contributed by atoms with Crippen LogP contribution in [0.15, 0.2) is 91.0 Å². The van der Waals surface area contributed by atoms with E-state index in [1.807, 2.05) is 42.5 Å². The monoisotopic (exact) mass is 387 g/mol. The number of benzene rings is 3. The van der Waals surface area contributed by atoms with Gasteiger partial charge in [-0.3, -0.25) is 9.69 Å². The smallest absolute Gasteiger partial charge is 0.320 e. The highest BCUT2D eigenvalue weighted by Gasteiger charge is 2.25. The molecule has 1 unspecified atom stereocenters. The molecule has 0 amide bonds. The maximum absolute atomic E-state index is 12.1. The Kier molecular flexibility index (Phi) is 8.02. The van der Waals surface area contributed by atoms with Gasteiger partial charge in [0, 0.05) is 13.1 Å². The maximum atomic E-state index is 12.1. The van der Waals surface area contributed by atoms with Crippen molar-refractivity contribution in [3.63, 3.8) is 0 Å². The summed E-state index contributed by atoms with van der Waals surface area (Å²) in [7, 11) is 0. The van der Waals surface area contributed by atoms with E-state index in [2.05, 4.69) is 53.4 Å². The summed E-state index contributed by atoms with van der Waals surface area (Å²) in [5.74, 6) is -0.739. The second-order valence-corrected chi connectivity index (χ2v) is 7.46. The normalized spacial score (nSPS) is 12.0. The van der Waals surface area contributed by atoms with Crippen LogP contribution in [0.5, 0.6) is 0 Å². The molecule has 0 fully saturated rings. The number of hydrogen-bond acceptors (Lipinski definition) is 2. The number of hydrogen-bond donors (Lipinski definition) is 1. The molecule has 3 aromatic rings. The Balaban J connectivity index is 1.66. The molecule has 0 radical (unpaired) electrons. The lowest BCUT2D eigenvalue weighted by molar-refractivity contribution is -0.144. The number of carbonyl (C=O) groups is 1. The van der Waals surface area contributed by atoms with E-state index in [1.165, 1.54) is 5.56 Å². The first kappa shape index (κ1) is 20.8. The number of unbranched alkanes of at least 4 members (excludes halogenated alkanes) is 1. The maximum Gasteiger partial charge on any atom is 0.320 e. The first-order valence-electron chi connectivity index (χ1n) is 10.3. The van der Waals surface area contributed by atoms with Crippen molar-refractivity contribution in [1.29, 1.82) is 0 Å². The van der Waals surface area contributed by atoms with Crippen LogP contribution in [-0.2, 0) is 24.3 Å². The number of aryl methyl sites for hydroxylation is 1. The zero-order chi connectivity index (χ0) is 20.3. The zero-order valence-electron chi connectivity index (χ0n) is 16.8. The molecular weight excluding hydrogens is 358 g/mol. The highest BCUT2D eigenvalue weighted by Crippen LogP contribution is 2.18. The Morgan fingerprint density at radius 2 is 1.14 bits per heavy atom. The second-order valence-electron chi connectivity index (χ2n) is 7.46. The predicted octanol–water partition coefficient (Wildman–Crippen LogP) is 5.56. The molecule has 3 rings (SSSR count). The van der Waals surface area contributed by atoms with E-state index in [4.69, 9.17) is 0 Å². The van der Waals surface area contributed by atoms with Crippen LogP contribution in [0.2, 0.25) is 0 Å². The fourth-order valence-electron chi connectivity index (χ4n) is 3.69. The molecule has 0 bridgehead atoms. The topological polar surface area (TPSA) is 40.5 Å². The molecule has 3 heteroatoms. The molecule has 150 valence electrons. The molecule has 0 saturated heterocycles. The SMILES string of the molecule is O=C(O)C(CCCCc1ccccc1)N(Cc1ccccc1)Cc1ccccc1. The molecule has 0 aliphatic heterocycles. The first-order valence-corrected chi connectivity index (χ1v) is 10.3. The van der Waals surface area contributed by atoms with Crippen molar-refractivity contribution in [3.8, 4) is 0 Å². The summed E-state index contributed by atoms with van der Waals surface area (Å²) in [4.78, 5) is 14.2. The van der Waals surface area contributed by atoms with Crippen LogP contribution in [0.4, 0.5) is 0 Å². The Bertz CT molecular complexity index is 808. The molecule has 1 atom stereocenters. The van der Waals surface area contributed by atoms with Gasteiger partial charge in [-0.2, -0.15) is 0 Å². The van der Waals surface area contributed by atoms with Crippen LogP contribution >= 0.6 is 0 Å². The summed E-state index contributed by atoms with van der Waals surface area (Å²) in [6.45, 7) is 1.26. The van der Waals surface area contributed by atoms with E-state index in [-0.39, 0.29) is 0 Å². The van der Waals surface area contributed by atoms with Crippen LogP contribution in [0.3, 0.4) is 0 Å². The number of carboxylic acid groups (broad SMARTS) is 1. The third kappa shape index (κ3) is 6.88. The highest BCUT2D eigenvalue weighted by atomic mass is 16.4. The van der Waals surface area contributed by atoms with Gasteiger partial charge in [0.15, 0.2) is 0 Å². The number of rotatable bonds is 11. The minimum atomic E-state index is -0.739. The summed E-state index contributed by atoms with van der Waals surface area (Å²) in [5, 5.41) is 9.97. The highest BCUT2D eigenvalue weighted by molar-refractivity contribution is 5.73. The Hall–Kier alpha value is -2.91. The molecule has 1 N–H and O–H groups in total. The number of aliphatic carboxylic acids is 1. The number of nitrogens with zero attached hydrogens (tertiary/aromatic N) is 1. The van der Waals surface area contributed by atoms with Gasteiger partial charge in [0.1, 0.15) is 6.04 Å². The van der Waals surface area contributed by atoms with Crippen LogP contribution in [0.1, 0.15) is 36.0 Å². The fraction of sp³-hybridized carbons (Fsp3) is 0.269. The summed E-state index contributed by atoms with van der Waals surface area (Å²) >= 11 is 0. The molecule has 0 spiro atoms. The minimum Gasteiger partial charge on any atom is -0.480 e. The Morgan fingerprint density at radius 1 is 0.690 bits per heavy atom. The average molecular weight is 388 g/mol. The molecule has 0 aromatic heterocycles. The van der Waals surface area contributed by atoms with Gasteiger partial charge in [-0.05, 0) is 36.0 Å². The van der Waals surface area contributed by atoms with Gasteiger partial charge < -0.3 is 5.11 Å². The van der Waals surface area contributed by atoms with Crippen molar-refractivity contribution in [1.82, 2.24) is 4.90 Å². The van der Waals surface area contributed by atoms with Gasteiger partial charge in [-0.15, -0.1) is 0 Å². The fourth-order valence-corrected chi connectivity index (χ4v) is 3.69. The van der Waals surface area contributed by atoms with Gasteiger partial charge in [-0.25, -0.2) is 0 Å². The van der Waals surface area contributed by atoms with E-state index >= 15 is 0 Å². The molecular formula is C26H29NO2. The summed E-state index contributed by atoms with van der Waals surface area (Å²) in [6.07, 6.45) is 3.54. The molecule has 3 aromatic carbocycles.